The number of piperidine rings is 1. The quantitative estimate of drug-likeness (QED) is 0.780. The van der Waals surface area contributed by atoms with E-state index in [0.29, 0.717) is 10.7 Å². The molecule has 2 aliphatic rings. The molecule has 2 fully saturated rings. The summed E-state index contributed by atoms with van der Waals surface area (Å²) in [5.74, 6) is -0.250. The van der Waals surface area contributed by atoms with E-state index < -0.39 is 6.36 Å². The van der Waals surface area contributed by atoms with Crippen molar-refractivity contribution in [2.24, 2.45) is 0 Å². The number of anilines is 1. The summed E-state index contributed by atoms with van der Waals surface area (Å²) in [6.45, 7) is 2.22. The lowest BCUT2D eigenvalue weighted by atomic mass is 9.97. The molecular weight excluding hydrogens is 295 g/mol. The zero-order chi connectivity index (χ0) is 14.4. The highest BCUT2D eigenvalue weighted by molar-refractivity contribution is 6.33. The van der Waals surface area contributed by atoms with Gasteiger partial charge in [-0.2, -0.15) is 0 Å². The van der Waals surface area contributed by atoms with Crippen molar-refractivity contribution >= 4 is 17.3 Å². The average Bonchev–Trinajstić information content (AvgIpc) is 3.11. The fourth-order valence-electron chi connectivity index (χ4n) is 2.48. The molecule has 1 aromatic carbocycles. The van der Waals surface area contributed by atoms with Crippen LogP contribution in [0.1, 0.15) is 12.8 Å². The maximum atomic E-state index is 12.2. The maximum absolute atomic E-state index is 12.2. The first kappa shape index (κ1) is 13.8. The highest BCUT2D eigenvalue weighted by atomic mass is 35.5. The molecule has 2 heterocycles. The van der Waals surface area contributed by atoms with Crippen LogP contribution in [0.2, 0.25) is 5.02 Å². The third-order valence-corrected chi connectivity index (χ3v) is 4.04. The number of benzene rings is 1. The van der Waals surface area contributed by atoms with Crippen molar-refractivity contribution < 1.29 is 22.6 Å². The Labute approximate surface area is 119 Å². The van der Waals surface area contributed by atoms with Gasteiger partial charge < -0.3 is 14.4 Å². The number of hydrogen-bond donors (Lipinski definition) is 0. The number of ether oxygens (including phenoxy) is 2. The van der Waals surface area contributed by atoms with Crippen LogP contribution >= 0.6 is 11.6 Å². The minimum atomic E-state index is -4.70. The summed E-state index contributed by atoms with van der Waals surface area (Å²) in [7, 11) is 0. The summed E-state index contributed by atoms with van der Waals surface area (Å²) in [5, 5.41) is 0.423. The van der Waals surface area contributed by atoms with Crippen LogP contribution < -0.4 is 9.64 Å². The summed E-state index contributed by atoms with van der Waals surface area (Å²) < 4.78 is 46.1. The monoisotopic (exact) mass is 307 g/mol. The average molecular weight is 308 g/mol. The first-order valence-corrected chi connectivity index (χ1v) is 6.69. The van der Waals surface area contributed by atoms with E-state index in [-0.39, 0.29) is 11.4 Å². The second-order valence-electron chi connectivity index (χ2n) is 5.12. The lowest BCUT2D eigenvalue weighted by Gasteiger charge is -2.33. The first-order valence-electron chi connectivity index (χ1n) is 6.31. The molecule has 0 unspecified atom stereocenters. The van der Waals surface area contributed by atoms with Gasteiger partial charge in [-0.05, 0) is 25.0 Å². The number of epoxide rings is 1. The molecule has 3 nitrogen and oxygen atoms in total. The highest BCUT2D eigenvalue weighted by Crippen LogP contribution is 2.41. The summed E-state index contributed by atoms with van der Waals surface area (Å²) in [5.41, 5.74) is 0.590. The van der Waals surface area contributed by atoms with Crippen molar-refractivity contribution in [3.63, 3.8) is 0 Å². The predicted octanol–water partition coefficient (Wildman–Crippen LogP) is 3.61. The number of rotatable bonds is 2. The molecule has 0 bridgehead atoms. The van der Waals surface area contributed by atoms with Crippen molar-refractivity contribution in [2.75, 3.05) is 24.6 Å². The van der Waals surface area contributed by atoms with Crippen molar-refractivity contribution in [2.45, 2.75) is 24.8 Å². The highest BCUT2D eigenvalue weighted by Gasteiger charge is 2.46. The Morgan fingerprint density at radius 2 is 1.90 bits per heavy atom. The van der Waals surface area contributed by atoms with Gasteiger partial charge in [0.25, 0.3) is 0 Å². The Morgan fingerprint density at radius 3 is 2.45 bits per heavy atom. The number of nitrogens with zero attached hydrogens (tertiary/aromatic N) is 1. The van der Waals surface area contributed by atoms with Crippen LogP contribution in [0.25, 0.3) is 0 Å². The molecule has 3 rings (SSSR count). The number of halogens is 4. The van der Waals surface area contributed by atoms with Gasteiger partial charge in [0, 0.05) is 19.2 Å². The number of hydrogen-bond acceptors (Lipinski definition) is 3. The Hall–Kier alpha value is -1.14. The van der Waals surface area contributed by atoms with Crippen LogP contribution in [-0.4, -0.2) is 31.7 Å². The lowest BCUT2D eigenvalue weighted by molar-refractivity contribution is -0.274. The lowest BCUT2D eigenvalue weighted by Crippen LogP contribution is -2.37. The van der Waals surface area contributed by atoms with Crippen molar-refractivity contribution in [1.29, 1.82) is 0 Å². The van der Waals surface area contributed by atoms with Gasteiger partial charge in [0.05, 0.1) is 22.9 Å². The van der Waals surface area contributed by atoms with Crippen LogP contribution in [0.5, 0.6) is 5.75 Å². The Morgan fingerprint density at radius 1 is 1.25 bits per heavy atom. The topological polar surface area (TPSA) is 25.0 Å². The molecule has 2 saturated heterocycles. The van der Waals surface area contributed by atoms with Gasteiger partial charge >= 0.3 is 6.36 Å². The van der Waals surface area contributed by atoms with E-state index >= 15 is 0 Å². The summed E-state index contributed by atoms with van der Waals surface area (Å²) in [6, 6.07) is 3.98. The standard InChI is InChI=1S/C13H13ClF3NO2/c14-10-2-1-9(20-13(15,16)17)7-11(10)18-5-3-12(4-6-18)8-19-12/h1-2,7H,3-6,8H2. The normalized spacial score (nSPS) is 21.1. The molecule has 0 amide bonds. The fraction of sp³-hybridized carbons (Fsp3) is 0.538. The molecular formula is C13H13ClF3NO2. The number of alkyl halides is 3. The maximum Gasteiger partial charge on any atom is 0.573 e. The van der Waals surface area contributed by atoms with Crippen LogP contribution in [0, 0.1) is 0 Å². The summed E-state index contributed by atoms with van der Waals surface area (Å²) >= 11 is 6.08. The van der Waals surface area contributed by atoms with E-state index in [4.69, 9.17) is 16.3 Å². The van der Waals surface area contributed by atoms with Gasteiger partial charge in [-0.3, -0.25) is 0 Å². The summed E-state index contributed by atoms with van der Waals surface area (Å²) in [4.78, 5) is 1.97. The Balaban J connectivity index is 1.76. The molecule has 20 heavy (non-hydrogen) atoms. The molecule has 1 spiro atoms. The predicted molar refractivity (Wildman–Crippen MR) is 68.3 cm³/mol. The smallest absolute Gasteiger partial charge is 0.406 e. The third-order valence-electron chi connectivity index (χ3n) is 3.72. The first-order chi connectivity index (χ1) is 9.37. The van der Waals surface area contributed by atoms with Crippen molar-refractivity contribution in [3.8, 4) is 5.75 Å². The zero-order valence-electron chi connectivity index (χ0n) is 10.5. The van der Waals surface area contributed by atoms with Gasteiger partial charge in [0.15, 0.2) is 0 Å². The van der Waals surface area contributed by atoms with Crippen LogP contribution in [0.3, 0.4) is 0 Å². The SMILES string of the molecule is FC(F)(F)Oc1ccc(Cl)c(N2CCC3(CC2)CO3)c1. The van der Waals surface area contributed by atoms with Gasteiger partial charge in [0.2, 0.25) is 0 Å². The van der Waals surface area contributed by atoms with Crippen molar-refractivity contribution in [1.82, 2.24) is 0 Å². The molecule has 0 N–H and O–H groups in total. The molecule has 7 heteroatoms. The van der Waals surface area contributed by atoms with E-state index in [1.165, 1.54) is 18.2 Å². The molecule has 0 atom stereocenters. The molecule has 1 aromatic rings. The molecule has 0 aromatic heterocycles. The van der Waals surface area contributed by atoms with E-state index in [9.17, 15) is 13.2 Å². The van der Waals surface area contributed by atoms with Crippen LogP contribution in [-0.2, 0) is 4.74 Å². The van der Waals surface area contributed by atoms with Crippen LogP contribution in [0.4, 0.5) is 18.9 Å². The fourth-order valence-corrected chi connectivity index (χ4v) is 2.71. The third kappa shape index (κ3) is 2.96. The Kier molecular flexibility index (Phi) is 3.25. The van der Waals surface area contributed by atoms with Gasteiger partial charge in [-0.15, -0.1) is 13.2 Å². The molecule has 0 saturated carbocycles. The Bertz CT molecular complexity index is 507. The minimum Gasteiger partial charge on any atom is -0.406 e. The van der Waals surface area contributed by atoms with Gasteiger partial charge in [-0.25, -0.2) is 0 Å². The molecule has 2 aliphatic heterocycles. The van der Waals surface area contributed by atoms with Gasteiger partial charge in [-0.1, -0.05) is 11.6 Å². The minimum absolute atomic E-state index is 0.0169. The van der Waals surface area contributed by atoms with Crippen molar-refractivity contribution in [3.05, 3.63) is 23.2 Å². The zero-order valence-corrected chi connectivity index (χ0v) is 11.3. The van der Waals surface area contributed by atoms with E-state index in [0.717, 1.165) is 32.5 Å². The van der Waals surface area contributed by atoms with E-state index in [2.05, 4.69) is 4.74 Å². The van der Waals surface area contributed by atoms with E-state index in [1.807, 2.05) is 4.90 Å². The summed E-state index contributed by atoms with van der Waals surface area (Å²) in [6.07, 6.45) is -2.96. The van der Waals surface area contributed by atoms with Gasteiger partial charge in [0.1, 0.15) is 5.75 Å². The molecule has 0 aliphatic carbocycles. The second kappa shape index (κ2) is 4.70. The van der Waals surface area contributed by atoms with Crippen LogP contribution in [0.15, 0.2) is 18.2 Å². The largest absolute Gasteiger partial charge is 0.573 e. The molecule has 110 valence electrons. The molecule has 0 radical (unpaired) electrons. The second-order valence-corrected chi connectivity index (χ2v) is 5.53. The van der Waals surface area contributed by atoms with E-state index in [1.54, 1.807) is 0 Å².